The van der Waals surface area contributed by atoms with E-state index in [1.54, 1.807) is 23.1 Å². The van der Waals surface area contributed by atoms with Crippen LogP contribution in [-0.2, 0) is 27.8 Å². The summed E-state index contributed by atoms with van der Waals surface area (Å²) in [5, 5.41) is 8.17. The van der Waals surface area contributed by atoms with Gasteiger partial charge in [0.15, 0.2) is 5.78 Å². The fraction of sp³-hybridized carbons (Fsp3) is 0.474. The number of sulfonamides is 1. The highest BCUT2D eigenvalue weighted by molar-refractivity contribution is 7.99. The number of benzene rings is 1. The molecule has 1 fully saturated rings. The second kappa shape index (κ2) is 8.38. The van der Waals surface area contributed by atoms with Crippen LogP contribution in [0.1, 0.15) is 41.1 Å². The molecule has 160 valence electrons. The maximum Gasteiger partial charge on any atom is 0.277 e. The lowest BCUT2D eigenvalue weighted by Crippen LogP contribution is -2.34. The molecule has 0 radical (unpaired) electrons. The summed E-state index contributed by atoms with van der Waals surface area (Å²) < 4.78 is 30.9. The molecule has 0 unspecified atom stereocenters. The molecule has 1 aromatic carbocycles. The third-order valence-electron chi connectivity index (χ3n) is 5.15. The van der Waals surface area contributed by atoms with Gasteiger partial charge in [-0.25, -0.2) is 8.42 Å². The summed E-state index contributed by atoms with van der Waals surface area (Å²) in [5.41, 5.74) is 2.03. The van der Waals surface area contributed by atoms with E-state index in [0.29, 0.717) is 43.2 Å². The largest absolute Gasteiger partial charge is 0.414 e. The maximum atomic E-state index is 12.6. The van der Waals surface area contributed by atoms with E-state index in [4.69, 9.17) is 4.42 Å². The Balaban J connectivity index is 1.38. The predicted octanol–water partition coefficient (Wildman–Crippen LogP) is 1.88. The van der Waals surface area contributed by atoms with Gasteiger partial charge in [0.2, 0.25) is 21.8 Å². The Hall–Kier alpha value is -2.40. The van der Waals surface area contributed by atoms with Crippen LogP contribution >= 0.6 is 11.8 Å². The molecule has 0 atom stereocenters. The molecule has 1 saturated heterocycles. The maximum absolute atomic E-state index is 12.6. The summed E-state index contributed by atoms with van der Waals surface area (Å²) in [6.07, 6.45) is 4.03. The standard InChI is InChI=1S/C19H22N4O5S2/c1-30(26,27)23-9-2-4-13-10-14(6-7-15(13)23)16(24)12-29-19-21-20-17(28-19)11-22-8-3-5-18(22)25/h6-7,10H,2-5,8-9,11-12H2,1H3. The first-order valence-electron chi connectivity index (χ1n) is 9.68. The first-order chi connectivity index (χ1) is 14.3. The normalized spacial score (nSPS) is 16.8. The van der Waals surface area contributed by atoms with Crippen LogP contribution in [0.4, 0.5) is 5.69 Å². The van der Waals surface area contributed by atoms with Gasteiger partial charge >= 0.3 is 0 Å². The van der Waals surface area contributed by atoms with Crippen LogP contribution in [0.5, 0.6) is 0 Å². The number of rotatable bonds is 7. The van der Waals surface area contributed by atoms with E-state index in [1.165, 1.54) is 10.6 Å². The van der Waals surface area contributed by atoms with Crippen molar-refractivity contribution >= 4 is 39.2 Å². The minimum Gasteiger partial charge on any atom is -0.414 e. The lowest BCUT2D eigenvalue weighted by atomic mass is 9.99. The van der Waals surface area contributed by atoms with Crippen molar-refractivity contribution in [1.82, 2.24) is 15.1 Å². The second-order valence-corrected chi connectivity index (χ2v) is 10.2. The van der Waals surface area contributed by atoms with E-state index in [-0.39, 0.29) is 22.7 Å². The number of hydrogen-bond acceptors (Lipinski definition) is 8. The number of aryl methyl sites for hydroxylation is 1. The molecule has 30 heavy (non-hydrogen) atoms. The van der Waals surface area contributed by atoms with Gasteiger partial charge < -0.3 is 9.32 Å². The third-order valence-corrected chi connectivity index (χ3v) is 7.15. The van der Waals surface area contributed by atoms with Crippen LogP contribution in [-0.4, -0.2) is 60.3 Å². The Morgan fingerprint density at radius 3 is 2.73 bits per heavy atom. The molecule has 4 rings (SSSR count). The topological polar surface area (TPSA) is 114 Å². The molecule has 2 aliphatic rings. The summed E-state index contributed by atoms with van der Waals surface area (Å²) in [5.74, 6) is 0.460. The molecule has 1 aromatic heterocycles. The zero-order valence-electron chi connectivity index (χ0n) is 16.5. The van der Waals surface area contributed by atoms with Gasteiger partial charge in [-0.3, -0.25) is 13.9 Å². The zero-order chi connectivity index (χ0) is 21.3. The Morgan fingerprint density at radius 2 is 2.00 bits per heavy atom. The van der Waals surface area contributed by atoms with Gasteiger partial charge in [-0.05, 0) is 43.0 Å². The number of Topliss-reactive ketones (excluding diaryl/α,β-unsaturated/α-hetero) is 1. The number of nitrogens with zero attached hydrogens (tertiary/aromatic N) is 4. The smallest absolute Gasteiger partial charge is 0.277 e. The average molecular weight is 451 g/mol. The lowest BCUT2D eigenvalue weighted by Gasteiger charge is -2.29. The first kappa shape index (κ1) is 20.9. The lowest BCUT2D eigenvalue weighted by molar-refractivity contribution is -0.128. The quantitative estimate of drug-likeness (QED) is 0.464. The number of aromatic nitrogens is 2. The van der Waals surface area contributed by atoms with Crippen molar-refractivity contribution in [2.75, 3.05) is 29.4 Å². The summed E-state index contributed by atoms with van der Waals surface area (Å²) in [4.78, 5) is 26.0. The average Bonchev–Trinajstić information content (AvgIpc) is 3.33. The number of amides is 1. The Labute approximate surface area is 178 Å². The highest BCUT2D eigenvalue weighted by Crippen LogP contribution is 2.30. The monoisotopic (exact) mass is 450 g/mol. The van der Waals surface area contributed by atoms with Gasteiger partial charge in [-0.15, -0.1) is 10.2 Å². The van der Waals surface area contributed by atoms with Crippen molar-refractivity contribution in [2.24, 2.45) is 0 Å². The molecule has 0 saturated carbocycles. The van der Waals surface area contributed by atoms with Gasteiger partial charge in [0, 0.05) is 25.1 Å². The number of hydrogen-bond donors (Lipinski definition) is 0. The van der Waals surface area contributed by atoms with Crippen molar-refractivity contribution in [3.8, 4) is 0 Å². The summed E-state index contributed by atoms with van der Waals surface area (Å²) in [6.45, 7) is 1.44. The molecular formula is C19H22N4O5S2. The Morgan fingerprint density at radius 1 is 1.20 bits per heavy atom. The van der Waals surface area contributed by atoms with Gasteiger partial charge in [-0.1, -0.05) is 11.8 Å². The first-order valence-corrected chi connectivity index (χ1v) is 12.5. The third kappa shape index (κ3) is 4.51. The number of carbonyl (C=O) groups is 2. The fourth-order valence-corrected chi connectivity index (χ4v) is 5.36. The highest BCUT2D eigenvalue weighted by atomic mass is 32.2. The summed E-state index contributed by atoms with van der Waals surface area (Å²) in [6, 6.07) is 5.13. The number of carbonyl (C=O) groups excluding carboxylic acids is 2. The van der Waals surface area contributed by atoms with Crippen molar-refractivity contribution in [1.29, 1.82) is 0 Å². The number of thioether (sulfide) groups is 1. The van der Waals surface area contributed by atoms with Crippen molar-refractivity contribution in [2.45, 2.75) is 37.5 Å². The van der Waals surface area contributed by atoms with E-state index in [1.807, 2.05) is 0 Å². The van der Waals surface area contributed by atoms with Gasteiger partial charge in [0.25, 0.3) is 5.22 Å². The van der Waals surface area contributed by atoms with E-state index in [2.05, 4.69) is 10.2 Å². The number of likely N-dealkylation sites (tertiary alicyclic amines) is 1. The molecule has 0 bridgehead atoms. The molecule has 2 aliphatic heterocycles. The van der Waals surface area contributed by atoms with Crippen molar-refractivity contribution in [3.63, 3.8) is 0 Å². The molecule has 0 N–H and O–H groups in total. The van der Waals surface area contributed by atoms with Crippen molar-refractivity contribution in [3.05, 3.63) is 35.2 Å². The van der Waals surface area contributed by atoms with Crippen LogP contribution < -0.4 is 4.31 Å². The summed E-state index contributed by atoms with van der Waals surface area (Å²) >= 11 is 1.15. The SMILES string of the molecule is CS(=O)(=O)N1CCCc2cc(C(=O)CSc3nnc(CN4CCCC4=O)o3)ccc21. The zero-order valence-corrected chi connectivity index (χ0v) is 18.2. The fourth-order valence-electron chi connectivity index (χ4n) is 3.69. The van der Waals surface area contributed by atoms with Gasteiger partial charge in [-0.2, -0.15) is 0 Å². The Kier molecular flexibility index (Phi) is 5.83. The van der Waals surface area contributed by atoms with E-state index < -0.39 is 10.0 Å². The van der Waals surface area contributed by atoms with Crippen LogP contribution in [0.15, 0.2) is 27.8 Å². The number of ketones is 1. The molecule has 3 heterocycles. The minimum absolute atomic E-state index is 0.0828. The van der Waals surface area contributed by atoms with E-state index in [0.717, 1.165) is 36.6 Å². The molecule has 1 amide bonds. The van der Waals surface area contributed by atoms with Crippen molar-refractivity contribution < 1.29 is 22.4 Å². The van der Waals surface area contributed by atoms with Gasteiger partial charge in [0.1, 0.15) is 0 Å². The van der Waals surface area contributed by atoms with Crippen LogP contribution in [0.25, 0.3) is 0 Å². The molecule has 11 heteroatoms. The van der Waals surface area contributed by atoms with Gasteiger partial charge in [0.05, 0.1) is 24.2 Å². The molecular weight excluding hydrogens is 428 g/mol. The van der Waals surface area contributed by atoms with E-state index >= 15 is 0 Å². The second-order valence-electron chi connectivity index (χ2n) is 7.37. The van der Waals surface area contributed by atoms with Crippen LogP contribution in [0.3, 0.4) is 0 Å². The Bertz CT molecular complexity index is 1080. The van der Waals surface area contributed by atoms with E-state index in [9.17, 15) is 18.0 Å². The van der Waals surface area contributed by atoms with Crippen LogP contribution in [0.2, 0.25) is 0 Å². The molecule has 9 nitrogen and oxygen atoms in total. The summed E-state index contributed by atoms with van der Waals surface area (Å²) in [7, 11) is -3.34. The minimum atomic E-state index is -3.34. The molecule has 0 aliphatic carbocycles. The molecule has 0 spiro atoms. The molecule has 2 aromatic rings. The number of anilines is 1. The predicted molar refractivity (Wildman–Crippen MR) is 111 cm³/mol. The highest BCUT2D eigenvalue weighted by Gasteiger charge is 2.25. The number of fused-ring (bicyclic) bond motifs is 1. The van der Waals surface area contributed by atoms with Crippen LogP contribution in [0, 0.1) is 0 Å².